The Bertz CT molecular complexity index is 930. The Labute approximate surface area is 148 Å². The highest BCUT2D eigenvalue weighted by molar-refractivity contribution is 6.45. The number of rotatable bonds is 2. The Kier molecular flexibility index (Phi) is 3.77. The topological polar surface area (TPSA) is 62.7 Å². The Balaban J connectivity index is 2.08. The summed E-state index contributed by atoms with van der Waals surface area (Å²) in [6, 6.07) is 3.75. The van der Waals surface area contributed by atoms with Gasteiger partial charge in [0.25, 0.3) is 0 Å². The molecule has 5 nitrogen and oxygen atoms in total. The quantitative estimate of drug-likeness (QED) is 0.713. The molecule has 0 radical (unpaired) electrons. The first-order valence-corrected chi connectivity index (χ1v) is 8.60. The number of aromatic nitrogens is 3. The molecule has 1 atom stereocenters. The summed E-state index contributed by atoms with van der Waals surface area (Å²) in [7, 11) is 0. The van der Waals surface area contributed by atoms with Crippen LogP contribution in [0.3, 0.4) is 0 Å². The van der Waals surface area contributed by atoms with Crippen LogP contribution in [0.4, 0.5) is 0 Å². The zero-order valence-electron chi connectivity index (χ0n) is 13.1. The summed E-state index contributed by atoms with van der Waals surface area (Å²) in [5.41, 5.74) is 4.02. The number of carbonyl (C=O) groups is 1. The van der Waals surface area contributed by atoms with Crippen molar-refractivity contribution in [1.29, 1.82) is 0 Å². The number of aromatic amines is 1. The van der Waals surface area contributed by atoms with E-state index in [1.54, 1.807) is 13.1 Å². The average molecular weight is 363 g/mol. The van der Waals surface area contributed by atoms with Crippen molar-refractivity contribution >= 4 is 40.0 Å². The van der Waals surface area contributed by atoms with E-state index in [9.17, 15) is 4.79 Å². The van der Waals surface area contributed by atoms with Crippen LogP contribution in [0.25, 0.3) is 22.0 Å². The SMILES string of the molecule is CC(=O)NC1CCCn2c1c(-c1cn[nH]c1)c1ccc(Cl)c(Cl)c12. The Morgan fingerprint density at radius 3 is 2.96 bits per heavy atom. The molecule has 1 aromatic carbocycles. The number of hydrogen-bond acceptors (Lipinski definition) is 2. The molecule has 1 amide bonds. The smallest absolute Gasteiger partial charge is 0.217 e. The highest BCUT2D eigenvalue weighted by Crippen LogP contribution is 2.45. The molecule has 1 aliphatic heterocycles. The molecule has 0 fully saturated rings. The zero-order chi connectivity index (χ0) is 16.8. The maximum Gasteiger partial charge on any atom is 0.217 e. The normalized spacial score (nSPS) is 17.0. The minimum Gasteiger partial charge on any atom is -0.348 e. The molecule has 1 aliphatic rings. The molecule has 3 heterocycles. The third-order valence-corrected chi connectivity index (χ3v) is 5.32. The van der Waals surface area contributed by atoms with Gasteiger partial charge in [0.15, 0.2) is 0 Å². The van der Waals surface area contributed by atoms with Crippen molar-refractivity contribution in [3.63, 3.8) is 0 Å². The van der Waals surface area contributed by atoms with Gasteiger partial charge >= 0.3 is 0 Å². The molecule has 0 saturated heterocycles. The molecule has 2 aromatic heterocycles. The summed E-state index contributed by atoms with van der Waals surface area (Å²) in [6.45, 7) is 2.39. The van der Waals surface area contributed by atoms with E-state index in [1.165, 1.54) is 0 Å². The van der Waals surface area contributed by atoms with Gasteiger partial charge in [-0.25, -0.2) is 0 Å². The molecule has 124 valence electrons. The minimum absolute atomic E-state index is 0.0408. The molecule has 7 heteroatoms. The van der Waals surface area contributed by atoms with E-state index in [0.717, 1.165) is 47.1 Å². The van der Waals surface area contributed by atoms with Crippen molar-refractivity contribution in [2.75, 3.05) is 0 Å². The summed E-state index contributed by atoms with van der Waals surface area (Å²) in [5.74, 6) is -0.0408. The van der Waals surface area contributed by atoms with Crippen molar-refractivity contribution in [1.82, 2.24) is 20.1 Å². The van der Waals surface area contributed by atoms with Gasteiger partial charge in [-0.2, -0.15) is 5.10 Å². The van der Waals surface area contributed by atoms with Gasteiger partial charge in [-0.1, -0.05) is 29.3 Å². The fraction of sp³-hybridized carbons (Fsp3) is 0.294. The molecular weight excluding hydrogens is 347 g/mol. The fourth-order valence-corrected chi connectivity index (χ4v) is 4.08. The van der Waals surface area contributed by atoms with Crippen molar-refractivity contribution in [2.45, 2.75) is 32.4 Å². The summed E-state index contributed by atoms with van der Waals surface area (Å²) in [4.78, 5) is 11.7. The predicted octanol–water partition coefficient (Wildman–Crippen LogP) is 4.31. The van der Waals surface area contributed by atoms with Gasteiger partial charge in [0, 0.05) is 41.9 Å². The molecule has 0 bridgehead atoms. The Morgan fingerprint density at radius 1 is 1.42 bits per heavy atom. The lowest BCUT2D eigenvalue weighted by molar-refractivity contribution is -0.119. The first-order chi connectivity index (χ1) is 11.6. The number of benzene rings is 1. The minimum atomic E-state index is -0.0524. The second kappa shape index (κ2) is 5.83. The summed E-state index contributed by atoms with van der Waals surface area (Å²) in [5, 5.41) is 12.1. The van der Waals surface area contributed by atoms with Crippen LogP contribution in [-0.2, 0) is 11.3 Å². The van der Waals surface area contributed by atoms with Gasteiger partial charge in [-0.15, -0.1) is 0 Å². The molecule has 24 heavy (non-hydrogen) atoms. The number of fused-ring (bicyclic) bond motifs is 3. The largest absolute Gasteiger partial charge is 0.348 e. The number of amides is 1. The van der Waals surface area contributed by atoms with Crippen molar-refractivity contribution < 1.29 is 4.79 Å². The molecule has 2 N–H and O–H groups in total. The lowest BCUT2D eigenvalue weighted by Crippen LogP contribution is -2.31. The monoisotopic (exact) mass is 362 g/mol. The van der Waals surface area contributed by atoms with Gasteiger partial charge in [0.05, 0.1) is 27.8 Å². The molecule has 0 aliphatic carbocycles. The maximum atomic E-state index is 11.7. The van der Waals surface area contributed by atoms with Crippen LogP contribution < -0.4 is 5.32 Å². The van der Waals surface area contributed by atoms with Crippen molar-refractivity contribution in [3.8, 4) is 11.1 Å². The van der Waals surface area contributed by atoms with Crippen LogP contribution in [-0.4, -0.2) is 20.7 Å². The predicted molar refractivity (Wildman–Crippen MR) is 95.3 cm³/mol. The Hall–Kier alpha value is -1.98. The molecule has 0 spiro atoms. The first-order valence-electron chi connectivity index (χ1n) is 7.84. The van der Waals surface area contributed by atoms with Crippen LogP contribution in [0.5, 0.6) is 0 Å². The van der Waals surface area contributed by atoms with Crippen LogP contribution in [0.15, 0.2) is 24.5 Å². The van der Waals surface area contributed by atoms with Gasteiger partial charge in [0.1, 0.15) is 0 Å². The van der Waals surface area contributed by atoms with Gasteiger partial charge in [-0.3, -0.25) is 9.89 Å². The van der Waals surface area contributed by atoms with Crippen molar-refractivity contribution in [2.24, 2.45) is 0 Å². The second-order valence-electron chi connectivity index (χ2n) is 6.05. The third kappa shape index (κ3) is 2.31. The van der Waals surface area contributed by atoms with E-state index in [2.05, 4.69) is 20.1 Å². The summed E-state index contributed by atoms with van der Waals surface area (Å²) in [6.07, 6.45) is 5.51. The number of H-pyrrole nitrogens is 1. The van der Waals surface area contributed by atoms with Crippen LogP contribution in [0, 0.1) is 0 Å². The molecule has 1 unspecified atom stereocenters. The molecule has 0 saturated carbocycles. The van der Waals surface area contributed by atoms with E-state index in [-0.39, 0.29) is 11.9 Å². The van der Waals surface area contributed by atoms with Crippen LogP contribution >= 0.6 is 23.2 Å². The number of nitrogens with one attached hydrogen (secondary N) is 2. The maximum absolute atomic E-state index is 11.7. The van der Waals surface area contributed by atoms with E-state index in [0.29, 0.717) is 10.0 Å². The molecular formula is C17H16Cl2N4O. The highest BCUT2D eigenvalue weighted by atomic mass is 35.5. The van der Waals surface area contributed by atoms with E-state index < -0.39 is 0 Å². The fourth-order valence-electron chi connectivity index (χ4n) is 3.66. The van der Waals surface area contributed by atoms with Gasteiger partial charge in [0.2, 0.25) is 5.91 Å². The van der Waals surface area contributed by atoms with E-state index in [4.69, 9.17) is 23.2 Å². The summed E-state index contributed by atoms with van der Waals surface area (Å²) < 4.78 is 2.19. The molecule has 4 rings (SSSR count). The number of hydrogen-bond donors (Lipinski definition) is 2. The standard InChI is InChI=1S/C17H16Cl2N4O/c1-9(24)22-13-3-2-6-23-16-11(4-5-12(18)15(16)19)14(17(13)23)10-7-20-21-8-10/h4-5,7-8,13H,2-3,6H2,1H3,(H,20,21)(H,22,24). The van der Waals surface area contributed by atoms with Crippen LogP contribution in [0.2, 0.25) is 10.0 Å². The number of nitrogens with zero attached hydrogens (tertiary/aromatic N) is 2. The van der Waals surface area contributed by atoms with Crippen LogP contribution in [0.1, 0.15) is 31.5 Å². The zero-order valence-corrected chi connectivity index (χ0v) is 14.6. The number of halogens is 2. The van der Waals surface area contributed by atoms with E-state index in [1.807, 2.05) is 18.3 Å². The third-order valence-electron chi connectivity index (χ3n) is 4.52. The number of carbonyl (C=O) groups excluding carboxylic acids is 1. The number of aryl methyl sites for hydroxylation is 1. The van der Waals surface area contributed by atoms with Gasteiger partial charge in [-0.05, 0) is 18.9 Å². The van der Waals surface area contributed by atoms with E-state index >= 15 is 0 Å². The first kappa shape index (κ1) is 15.5. The lowest BCUT2D eigenvalue weighted by Gasteiger charge is -2.27. The lowest BCUT2D eigenvalue weighted by atomic mass is 9.96. The summed E-state index contributed by atoms with van der Waals surface area (Å²) >= 11 is 12.8. The van der Waals surface area contributed by atoms with Crippen molar-refractivity contribution in [3.05, 3.63) is 40.3 Å². The average Bonchev–Trinajstić information content (AvgIpc) is 3.16. The second-order valence-corrected chi connectivity index (χ2v) is 6.84. The highest BCUT2D eigenvalue weighted by Gasteiger charge is 2.30. The molecule has 3 aromatic rings. The van der Waals surface area contributed by atoms with Gasteiger partial charge < -0.3 is 9.88 Å². The Morgan fingerprint density at radius 2 is 2.25 bits per heavy atom.